The van der Waals surface area contributed by atoms with Crippen molar-refractivity contribution < 1.29 is 8.83 Å². The summed E-state index contributed by atoms with van der Waals surface area (Å²) in [4.78, 5) is 5.04. The van der Waals surface area contributed by atoms with Crippen LogP contribution in [0.4, 0.5) is 0 Å². The second kappa shape index (κ2) is 7.89. The zero-order valence-corrected chi connectivity index (χ0v) is 22.3. The van der Waals surface area contributed by atoms with Crippen LogP contribution < -0.4 is 0 Å². The topological polar surface area (TPSA) is 49.0 Å². The van der Waals surface area contributed by atoms with E-state index in [0.29, 0.717) is 6.01 Å². The molecule has 0 N–H and O–H groups in total. The predicted octanol–water partition coefficient (Wildman–Crippen LogP) is 9.92. The Kier molecular flexibility index (Phi) is 4.12. The number of hydrogen-bond acceptors (Lipinski definition) is 3. The Bertz CT molecular complexity index is 2690. The molecule has 4 heterocycles. The lowest BCUT2D eigenvalue weighted by Crippen LogP contribution is -1.95. The van der Waals surface area contributed by atoms with Gasteiger partial charge in [-0.25, -0.2) is 0 Å². The lowest BCUT2D eigenvalue weighted by atomic mass is 10.1. The molecule has 0 saturated heterocycles. The van der Waals surface area contributed by atoms with E-state index in [9.17, 15) is 0 Å². The maximum absolute atomic E-state index is 6.68. The van der Waals surface area contributed by atoms with Gasteiger partial charge in [0.15, 0.2) is 5.58 Å². The van der Waals surface area contributed by atoms with E-state index in [1.807, 2.05) is 30.3 Å². The maximum Gasteiger partial charge on any atom is 0.307 e. The molecule has 0 radical (unpaired) electrons. The summed E-state index contributed by atoms with van der Waals surface area (Å²) in [5, 5.41) is 6.75. The minimum Gasteiger partial charge on any atom is -0.456 e. The fraction of sp³-hybridized carbons (Fsp3) is 0. The van der Waals surface area contributed by atoms with Crippen molar-refractivity contribution >= 4 is 76.6 Å². The van der Waals surface area contributed by atoms with Gasteiger partial charge in [0.05, 0.1) is 27.5 Å². The Labute approximate surface area is 238 Å². The van der Waals surface area contributed by atoms with Gasteiger partial charge in [-0.15, -0.1) is 0 Å². The Morgan fingerprint density at radius 3 is 2.02 bits per heavy atom. The molecule has 0 fully saturated rings. The van der Waals surface area contributed by atoms with E-state index in [4.69, 9.17) is 13.8 Å². The first-order valence-electron chi connectivity index (χ1n) is 14.1. The van der Waals surface area contributed by atoms with Gasteiger partial charge >= 0.3 is 6.01 Å². The summed E-state index contributed by atoms with van der Waals surface area (Å²) in [6.45, 7) is 0. The van der Waals surface area contributed by atoms with Crippen molar-refractivity contribution in [3.8, 4) is 11.7 Å². The molecule has 6 aromatic carbocycles. The highest BCUT2D eigenvalue weighted by Crippen LogP contribution is 2.43. The fourth-order valence-corrected chi connectivity index (χ4v) is 6.84. The van der Waals surface area contributed by atoms with Gasteiger partial charge in [0.2, 0.25) is 0 Å². The number of benzene rings is 6. The number of furan rings is 1. The summed E-state index contributed by atoms with van der Waals surface area (Å²) in [6.07, 6.45) is 0. The van der Waals surface area contributed by atoms with Crippen molar-refractivity contribution in [2.24, 2.45) is 0 Å². The van der Waals surface area contributed by atoms with E-state index >= 15 is 0 Å². The zero-order valence-electron chi connectivity index (χ0n) is 22.3. The van der Waals surface area contributed by atoms with Crippen LogP contribution in [0.3, 0.4) is 0 Å². The molecule has 42 heavy (non-hydrogen) atoms. The Morgan fingerprint density at radius 2 is 1.17 bits per heavy atom. The van der Waals surface area contributed by atoms with Gasteiger partial charge in [0, 0.05) is 32.6 Å². The molecule has 0 aliphatic heterocycles. The van der Waals surface area contributed by atoms with Crippen LogP contribution in [0.2, 0.25) is 0 Å². The van der Waals surface area contributed by atoms with Gasteiger partial charge in [0.25, 0.3) is 0 Å². The summed E-state index contributed by atoms with van der Waals surface area (Å²) in [5.74, 6) is 0. The van der Waals surface area contributed by atoms with E-state index in [1.54, 1.807) is 0 Å². The molecule has 0 amide bonds. The highest BCUT2D eigenvalue weighted by molar-refractivity contribution is 6.26. The van der Waals surface area contributed by atoms with Crippen LogP contribution in [0.25, 0.3) is 88.4 Å². The van der Waals surface area contributed by atoms with E-state index in [1.165, 1.54) is 27.2 Å². The molecule has 0 saturated carbocycles. The average molecular weight is 540 g/mol. The summed E-state index contributed by atoms with van der Waals surface area (Å²) < 4.78 is 17.4. The highest BCUT2D eigenvalue weighted by Gasteiger charge is 2.23. The van der Waals surface area contributed by atoms with Crippen LogP contribution in [0, 0.1) is 0 Å². The monoisotopic (exact) mass is 539 g/mol. The van der Waals surface area contributed by atoms with Crippen molar-refractivity contribution in [2.75, 3.05) is 0 Å². The van der Waals surface area contributed by atoms with E-state index < -0.39 is 0 Å². The quantitative estimate of drug-likeness (QED) is 0.220. The van der Waals surface area contributed by atoms with Gasteiger partial charge < -0.3 is 13.4 Å². The molecular formula is C37H21N3O2. The second-order valence-electron chi connectivity index (χ2n) is 10.8. The van der Waals surface area contributed by atoms with Crippen LogP contribution in [-0.4, -0.2) is 14.1 Å². The molecule has 5 heteroatoms. The van der Waals surface area contributed by atoms with Gasteiger partial charge in [-0.05, 0) is 48.5 Å². The molecule has 0 aliphatic rings. The first-order valence-corrected chi connectivity index (χ1v) is 14.1. The van der Waals surface area contributed by atoms with Crippen molar-refractivity contribution in [1.29, 1.82) is 0 Å². The number of rotatable bonds is 2. The predicted molar refractivity (Wildman–Crippen MR) is 170 cm³/mol. The lowest BCUT2D eigenvalue weighted by Gasteiger charge is -2.09. The van der Waals surface area contributed by atoms with Crippen LogP contribution in [0.1, 0.15) is 0 Å². The minimum atomic E-state index is 0.538. The van der Waals surface area contributed by atoms with Gasteiger partial charge in [-0.1, -0.05) is 78.9 Å². The fourth-order valence-electron chi connectivity index (χ4n) is 6.84. The summed E-state index contributed by atoms with van der Waals surface area (Å²) in [5.41, 5.74) is 8.74. The molecule has 10 aromatic rings. The molecule has 0 bridgehead atoms. The van der Waals surface area contributed by atoms with Gasteiger partial charge in [-0.2, -0.15) is 4.98 Å². The van der Waals surface area contributed by atoms with Gasteiger partial charge in [0.1, 0.15) is 16.7 Å². The van der Waals surface area contributed by atoms with E-state index in [0.717, 1.165) is 55.1 Å². The normalized spacial score (nSPS) is 12.3. The number of nitrogens with zero attached hydrogens (tertiary/aromatic N) is 3. The number of fused-ring (bicyclic) bond motifs is 12. The first kappa shape index (κ1) is 21.9. The van der Waals surface area contributed by atoms with Crippen LogP contribution >= 0.6 is 0 Å². The van der Waals surface area contributed by atoms with Crippen LogP contribution in [0.5, 0.6) is 0 Å². The second-order valence-corrected chi connectivity index (χ2v) is 10.8. The number of para-hydroxylation sites is 4. The number of hydrogen-bond donors (Lipinski definition) is 0. The molecule has 4 aromatic heterocycles. The molecule has 0 unspecified atom stereocenters. The highest BCUT2D eigenvalue weighted by atomic mass is 16.4. The Hall–Kier alpha value is -5.81. The Morgan fingerprint density at radius 1 is 0.452 bits per heavy atom. The summed E-state index contributed by atoms with van der Waals surface area (Å²) in [7, 11) is 0. The van der Waals surface area contributed by atoms with Crippen molar-refractivity contribution in [3.63, 3.8) is 0 Å². The Balaban J connectivity index is 1.37. The summed E-state index contributed by atoms with van der Waals surface area (Å²) >= 11 is 0. The standard InChI is InChI=1S/C37H21N3O2/c1-2-10-22(11-3-1)39-28-15-7-4-12-23(28)24-18-20-30-33(35(24)39)25-13-5-8-16-29(25)40(30)37-38-27-19-21-32-34(36(27)42-37)26-14-6-9-17-31(26)41-32/h1-21H. The largest absolute Gasteiger partial charge is 0.456 e. The zero-order chi connectivity index (χ0) is 27.4. The number of aromatic nitrogens is 3. The summed E-state index contributed by atoms with van der Waals surface area (Å²) in [6, 6.07) is 44.8. The smallest absolute Gasteiger partial charge is 0.307 e. The van der Waals surface area contributed by atoms with Crippen LogP contribution in [0.15, 0.2) is 136 Å². The number of oxazole rings is 1. The third-order valence-corrected chi connectivity index (χ3v) is 8.56. The molecule has 0 atom stereocenters. The van der Waals surface area contributed by atoms with Crippen LogP contribution in [-0.2, 0) is 0 Å². The lowest BCUT2D eigenvalue weighted by molar-refractivity contribution is 0.577. The average Bonchev–Trinajstić information content (AvgIpc) is 3.79. The third kappa shape index (κ3) is 2.74. The van der Waals surface area contributed by atoms with Crippen molar-refractivity contribution in [1.82, 2.24) is 14.1 Å². The van der Waals surface area contributed by atoms with E-state index in [2.05, 4.69) is 106 Å². The molecule has 196 valence electrons. The molecule has 0 spiro atoms. The molecule has 10 rings (SSSR count). The minimum absolute atomic E-state index is 0.538. The third-order valence-electron chi connectivity index (χ3n) is 8.56. The maximum atomic E-state index is 6.68. The van der Waals surface area contributed by atoms with Crippen molar-refractivity contribution in [2.45, 2.75) is 0 Å². The van der Waals surface area contributed by atoms with E-state index in [-0.39, 0.29) is 0 Å². The molecular weight excluding hydrogens is 518 g/mol. The first-order chi connectivity index (χ1) is 20.8. The van der Waals surface area contributed by atoms with Crippen molar-refractivity contribution in [3.05, 3.63) is 127 Å². The molecule has 5 nitrogen and oxygen atoms in total. The SMILES string of the molecule is c1ccc(-n2c3ccccc3c3ccc4c(c5ccccc5n4-c4nc5ccc6oc7ccccc7c6c5o4)c32)cc1. The molecule has 0 aliphatic carbocycles. The van der Waals surface area contributed by atoms with Gasteiger partial charge in [-0.3, -0.25) is 4.57 Å².